The largest absolute Gasteiger partial charge is 0.493 e. The van der Waals surface area contributed by atoms with Crippen molar-refractivity contribution in [3.8, 4) is 11.5 Å². The molecule has 0 radical (unpaired) electrons. The van der Waals surface area contributed by atoms with E-state index in [1.54, 1.807) is 35.2 Å². The summed E-state index contributed by atoms with van der Waals surface area (Å²) in [6, 6.07) is 8.58. The Labute approximate surface area is 191 Å². The first-order chi connectivity index (χ1) is 14.7. The molecule has 0 aliphatic carbocycles. The Bertz CT molecular complexity index is 1120. The monoisotopic (exact) mass is 485 g/mol. The molecule has 1 aliphatic heterocycles. The molecular weight excluding hydrogens is 465 g/mol. The molecule has 2 aromatic rings. The number of fused-ring (bicyclic) bond motifs is 1. The maximum atomic E-state index is 12.8. The van der Waals surface area contributed by atoms with Crippen molar-refractivity contribution in [2.45, 2.75) is 6.42 Å². The van der Waals surface area contributed by atoms with Crippen LogP contribution in [0.3, 0.4) is 0 Å². The van der Waals surface area contributed by atoms with Crippen molar-refractivity contribution in [3.63, 3.8) is 0 Å². The normalized spacial score (nSPS) is 13.5. The van der Waals surface area contributed by atoms with Gasteiger partial charge in [0, 0.05) is 28.7 Å². The molecule has 7 nitrogen and oxygen atoms in total. The average molecular weight is 486 g/mol. The van der Waals surface area contributed by atoms with Crippen LogP contribution in [0, 0.1) is 0 Å². The summed E-state index contributed by atoms with van der Waals surface area (Å²) in [6.07, 6.45) is 4.74. The average Bonchev–Trinajstić information content (AvgIpc) is 3.11. The van der Waals surface area contributed by atoms with Gasteiger partial charge in [-0.05, 0) is 41.8 Å². The molecule has 0 bridgehead atoms. The minimum atomic E-state index is -3.55. The van der Waals surface area contributed by atoms with Crippen molar-refractivity contribution >= 4 is 51.0 Å². The van der Waals surface area contributed by atoms with Gasteiger partial charge in [-0.3, -0.25) is 8.98 Å². The number of hydrogen-bond acceptors (Lipinski definition) is 6. The summed E-state index contributed by atoms with van der Waals surface area (Å²) >= 11 is 12.1. The number of rotatable bonds is 8. The van der Waals surface area contributed by atoms with E-state index in [0.29, 0.717) is 45.8 Å². The molecule has 0 saturated carbocycles. The van der Waals surface area contributed by atoms with Gasteiger partial charge < -0.3 is 14.4 Å². The maximum absolute atomic E-state index is 12.8. The first-order valence-corrected chi connectivity index (χ1v) is 11.9. The number of carbonyl (C=O) groups excluding carboxylic acids is 1. The van der Waals surface area contributed by atoms with Gasteiger partial charge in [-0.15, -0.1) is 0 Å². The maximum Gasteiger partial charge on any atom is 0.264 e. The number of anilines is 1. The Morgan fingerprint density at radius 2 is 1.94 bits per heavy atom. The van der Waals surface area contributed by atoms with Gasteiger partial charge >= 0.3 is 0 Å². The molecule has 1 heterocycles. The third kappa shape index (κ3) is 6.13. The van der Waals surface area contributed by atoms with Gasteiger partial charge in [-0.25, -0.2) is 0 Å². The third-order valence-electron chi connectivity index (χ3n) is 4.53. The molecule has 3 rings (SSSR count). The first kappa shape index (κ1) is 23.4. The van der Waals surface area contributed by atoms with Crippen LogP contribution in [0.4, 0.5) is 5.69 Å². The first-order valence-electron chi connectivity index (χ1n) is 9.30. The molecule has 1 aliphatic rings. The second-order valence-corrected chi connectivity index (χ2v) is 9.23. The quantitative estimate of drug-likeness (QED) is 0.319. The van der Waals surface area contributed by atoms with E-state index >= 15 is 0 Å². The lowest BCUT2D eigenvalue weighted by Crippen LogP contribution is -2.26. The highest BCUT2D eigenvalue weighted by molar-refractivity contribution is 7.85. The summed E-state index contributed by atoms with van der Waals surface area (Å²) in [7, 11) is -2.04. The minimum Gasteiger partial charge on any atom is -0.493 e. The van der Waals surface area contributed by atoms with Crippen molar-refractivity contribution in [1.29, 1.82) is 0 Å². The Hall–Kier alpha value is -2.26. The lowest BCUT2D eigenvalue weighted by molar-refractivity contribution is -0.114. The molecule has 0 spiro atoms. The van der Waals surface area contributed by atoms with Crippen LogP contribution in [0.5, 0.6) is 11.5 Å². The number of amides is 1. The van der Waals surface area contributed by atoms with Crippen LogP contribution in [0.15, 0.2) is 36.4 Å². The molecule has 166 valence electrons. The standard InChI is InChI=1S/C21H21Cl2NO6S/c1-28-19-11-15-7-8-24(18(15)13-20(19)29-9-10-30-31(2,26)27)21(25)6-4-14-3-5-16(22)12-17(14)23/h3-6,11-13H,7-10H2,1-2H3. The molecule has 0 saturated heterocycles. The number of ether oxygens (including phenoxy) is 2. The van der Waals surface area contributed by atoms with E-state index in [1.165, 1.54) is 13.2 Å². The van der Waals surface area contributed by atoms with Crippen LogP contribution in [-0.2, 0) is 25.5 Å². The van der Waals surface area contributed by atoms with Gasteiger partial charge in [0.25, 0.3) is 16.0 Å². The summed E-state index contributed by atoms with van der Waals surface area (Å²) in [5.41, 5.74) is 2.34. The van der Waals surface area contributed by atoms with E-state index in [4.69, 9.17) is 32.7 Å². The fourth-order valence-electron chi connectivity index (χ4n) is 3.12. The highest BCUT2D eigenvalue weighted by Crippen LogP contribution is 2.39. The van der Waals surface area contributed by atoms with Crippen LogP contribution in [-0.4, -0.2) is 47.4 Å². The minimum absolute atomic E-state index is 0.00509. The van der Waals surface area contributed by atoms with Crippen molar-refractivity contribution < 1.29 is 26.9 Å². The van der Waals surface area contributed by atoms with Gasteiger partial charge in [0.1, 0.15) is 13.2 Å². The smallest absolute Gasteiger partial charge is 0.264 e. The molecule has 0 aromatic heterocycles. The second kappa shape index (κ2) is 9.91. The van der Waals surface area contributed by atoms with E-state index < -0.39 is 10.1 Å². The zero-order valence-corrected chi connectivity index (χ0v) is 19.3. The van der Waals surface area contributed by atoms with Gasteiger partial charge in [0.05, 0.1) is 19.1 Å². The van der Waals surface area contributed by atoms with E-state index in [1.807, 2.05) is 6.07 Å². The molecule has 0 unspecified atom stereocenters. The van der Waals surface area contributed by atoms with Crippen LogP contribution in [0.2, 0.25) is 10.0 Å². The summed E-state index contributed by atoms with van der Waals surface area (Å²) < 4.78 is 37.8. The Morgan fingerprint density at radius 3 is 2.61 bits per heavy atom. The number of carbonyl (C=O) groups is 1. The van der Waals surface area contributed by atoms with Gasteiger partial charge in [-0.1, -0.05) is 29.3 Å². The summed E-state index contributed by atoms with van der Waals surface area (Å²) in [6.45, 7) is 0.383. The predicted molar refractivity (Wildman–Crippen MR) is 121 cm³/mol. The van der Waals surface area contributed by atoms with Crippen molar-refractivity contribution in [1.82, 2.24) is 0 Å². The second-order valence-electron chi connectivity index (χ2n) is 6.75. The molecule has 31 heavy (non-hydrogen) atoms. The van der Waals surface area contributed by atoms with E-state index in [2.05, 4.69) is 4.18 Å². The predicted octanol–water partition coefficient (Wildman–Crippen LogP) is 3.96. The van der Waals surface area contributed by atoms with Crippen molar-refractivity contribution in [2.24, 2.45) is 0 Å². The lowest BCUT2D eigenvalue weighted by Gasteiger charge is -2.18. The molecule has 2 aromatic carbocycles. The Morgan fingerprint density at radius 1 is 1.16 bits per heavy atom. The lowest BCUT2D eigenvalue weighted by atomic mass is 10.1. The number of benzene rings is 2. The highest BCUT2D eigenvalue weighted by Gasteiger charge is 2.26. The summed E-state index contributed by atoms with van der Waals surface area (Å²) in [4.78, 5) is 14.4. The topological polar surface area (TPSA) is 82.1 Å². The molecule has 0 atom stereocenters. The zero-order chi connectivity index (χ0) is 22.6. The number of nitrogens with zero attached hydrogens (tertiary/aromatic N) is 1. The van der Waals surface area contributed by atoms with E-state index in [-0.39, 0.29) is 19.1 Å². The molecular formula is C21H21Cl2NO6S. The summed E-state index contributed by atoms with van der Waals surface area (Å²) in [5, 5.41) is 0.973. The molecule has 1 amide bonds. The van der Waals surface area contributed by atoms with Crippen LogP contribution < -0.4 is 14.4 Å². The van der Waals surface area contributed by atoms with Crippen LogP contribution >= 0.6 is 23.2 Å². The fraction of sp³-hybridized carbons (Fsp3) is 0.286. The zero-order valence-electron chi connectivity index (χ0n) is 16.9. The Balaban J connectivity index is 1.76. The van der Waals surface area contributed by atoms with Crippen LogP contribution in [0.1, 0.15) is 11.1 Å². The SMILES string of the molecule is COc1cc2c(cc1OCCOS(C)(=O)=O)N(C(=O)C=Cc1ccc(Cl)cc1Cl)CC2. The van der Waals surface area contributed by atoms with Crippen LogP contribution in [0.25, 0.3) is 6.08 Å². The molecule has 0 fully saturated rings. The van der Waals surface area contributed by atoms with Crippen molar-refractivity contribution in [3.05, 3.63) is 57.6 Å². The van der Waals surface area contributed by atoms with E-state index in [0.717, 1.165) is 11.8 Å². The van der Waals surface area contributed by atoms with Gasteiger partial charge in [0.2, 0.25) is 0 Å². The highest BCUT2D eigenvalue weighted by atomic mass is 35.5. The fourth-order valence-corrected chi connectivity index (χ4v) is 3.96. The van der Waals surface area contributed by atoms with Gasteiger partial charge in [-0.2, -0.15) is 8.42 Å². The van der Waals surface area contributed by atoms with Crippen molar-refractivity contribution in [2.75, 3.05) is 38.0 Å². The molecule has 10 heteroatoms. The Kier molecular flexibility index (Phi) is 7.48. The number of methoxy groups -OCH3 is 1. The molecule has 0 N–H and O–H groups in total. The van der Waals surface area contributed by atoms with E-state index in [9.17, 15) is 13.2 Å². The number of halogens is 2. The van der Waals surface area contributed by atoms with Gasteiger partial charge in [0.15, 0.2) is 11.5 Å². The third-order valence-corrected chi connectivity index (χ3v) is 5.69. The summed E-state index contributed by atoms with van der Waals surface area (Å²) in [5.74, 6) is 0.681. The number of hydrogen-bond donors (Lipinski definition) is 0.